The van der Waals surface area contributed by atoms with Crippen LogP contribution in [-0.2, 0) is 32.6 Å². The van der Waals surface area contributed by atoms with Crippen LogP contribution in [0, 0.1) is 5.82 Å². The molecule has 2 heterocycles. The van der Waals surface area contributed by atoms with Gasteiger partial charge in [-0.1, -0.05) is 25.0 Å². The van der Waals surface area contributed by atoms with Gasteiger partial charge in [-0.3, -0.25) is 14.5 Å². The lowest BCUT2D eigenvalue weighted by Crippen LogP contribution is -2.47. The third kappa shape index (κ3) is 4.94. The van der Waals surface area contributed by atoms with Crippen LogP contribution < -0.4 is 10.2 Å². The van der Waals surface area contributed by atoms with Crippen LogP contribution in [0.4, 0.5) is 10.1 Å². The Bertz CT molecular complexity index is 1140. The van der Waals surface area contributed by atoms with Crippen LogP contribution in [0.25, 0.3) is 0 Å². The summed E-state index contributed by atoms with van der Waals surface area (Å²) in [6.45, 7) is 2.60. The second-order valence-corrected chi connectivity index (χ2v) is 10.5. The third-order valence-corrected chi connectivity index (χ3v) is 8.15. The van der Waals surface area contributed by atoms with Crippen molar-refractivity contribution < 1.29 is 22.4 Å². The molecular formula is C24H28FN3O4S. The Kier molecular flexibility index (Phi) is 6.81. The molecule has 1 N–H and O–H groups in total. The number of anilines is 1. The van der Waals surface area contributed by atoms with E-state index in [1.165, 1.54) is 34.3 Å². The van der Waals surface area contributed by atoms with Gasteiger partial charge in [0, 0.05) is 38.7 Å². The molecule has 2 aromatic carbocycles. The number of halogens is 1. The molecule has 4 rings (SSSR count). The molecule has 0 bridgehead atoms. The lowest BCUT2D eigenvalue weighted by molar-refractivity contribution is -0.125. The van der Waals surface area contributed by atoms with Gasteiger partial charge in [0.15, 0.2) is 0 Å². The van der Waals surface area contributed by atoms with Gasteiger partial charge in [-0.15, -0.1) is 0 Å². The van der Waals surface area contributed by atoms with Crippen molar-refractivity contribution in [2.75, 3.05) is 18.0 Å². The zero-order chi connectivity index (χ0) is 23.6. The first-order valence-corrected chi connectivity index (χ1v) is 12.7. The quantitative estimate of drug-likeness (QED) is 0.723. The van der Waals surface area contributed by atoms with E-state index in [1.807, 2.05) is 0 Å². The molecule has 176 valence electrons. The van der Waals surface area contributed by atoms with Crippen LogP contribution in [0.1, 0.15) is 43.7 Å². The predicted molar refractivity (Wildman–Crippen MR) is 123 cm³/mol. The molecule has 9 heteroatoms. The zero-order valence-corrected chi connectivity index (χ0v) is 19.4. The van der Waals surface area contributed by atoms with Crippen LogP contribution in [0.15, 0.2) is 47.4 Å². The summed E-state index contributed by atoms with van der Waals surface area (Å²) < 4.78 is 41.0. The standard InChI is InChI=1S/C24H28FN3O4S/c1-17(29)28-22-11-10-21(33(31,32)27-12-4-2-3-5-13-27)14-19(22)15-23(28)24(30)26-16-18-6-8-20(25)9-7-18/h6-11,14,23H,2-5,12-13,15-16H2,1H3,(H,26,30). The Morgan fingerprint density at radius 1 is 1.03 bits per heavy atom. The monoisotopic (exact) mass is 473 g/mol. The second-order valence-electron chi connectivity index (χ2n) is 8.56. The van der Waals surface area contributed by atoms with Gasteiger partial charge in [0.05, 0.1) is 4.90 Å². The first kappa shape index (κ1) is 23.4. The van der Waals surface area contributed by atoms with Gasteiger partial charge >= 0.3 is 0 Å². The molecular weight excluding hydrogens is 445 g/mol. The number of sulfonamides is 1. The number of nitrogens with one attached hydrogen (secondary N) is 1. The minimum absolute atomic E-state index is 0.194. The molecule has 2 amide bonds. The van der Waals surface area contributed by atoms with E-state index in [9.17, 15) is 22.4 Å². The van der Waals surface area contributed by atoms with Crippen molar-refractivity contribution >= 4 is 27.5 Å². The summed E-state index contributed by atoms with van der Waals surface area (Å²) in [4.78, 5) is 26.9. The normalized spacial score (nSPS) is 19.1. The number of carbonyl (C=O) groups is 2. The van der Waals surface area contributed by atoms with Crippen molar-refractivity contribution in [3.05, 3.63) is 59.4 Å². The van der Waals surface area contributed by atoms with Crippen molar-refractivity contribution in [2.24, 2.45) is 0 Å². The van der Waals surface area contributed by atoms with Crippen molar-refractivity contribution in [1.29, 1.82) is 0 Å². The van der Waals surface area contributed by atoms with E-state index < -0.39 is 16.1 Å². The molecule has 1 unspecified atom stereocenters. The maximum absolute atomic E-state index is 13.2. The Labute approximate surface area is 193 Å². The number of fused-ring (bicyclic) bond motifs is 1. The zero-order valence-electron chi connectivity index (χ0n) is 18.6. The number of rotatable bonds is 5. The Balaban J connectivity index is 1.54. The molecule has 1 atom stereocenters. The Hall–Kier alpha value is -2.78. The summed E-state index contributed by atoms with van der Waals surface area (Å²) >= 11 is 0. The van der Waals surface area contributed by atoms with Crippen molar-refractivity contribution in [3.63, 3.8) is 0 Å². The smallest absolute Gasteiger partial charge is 0.243 e. The van der Waals surface area contributed by atoms with E-state index in [1.54, 1.807) is 24.3 Å². The molecule has 2 aromatic rings. The minimum Gasteiger partial charge on any atom is -0.350 e. The van der Waals surface area contributed by atoms with Crippen LogP contribution in [-0.4, -0.2) is 43.7 Å². The number of hydrogen-bond donors (Lipinski definition) is 1. The summed E-state index contributed by atoms with van der Waals surface area (Å²) in [5, 5.41) is 2.80. The maximum Gasteiger partial charge on any atom is 0.243 e. The number of benzene rings is 2. The fourth-order valence-corrected chi connectivity index (χ4v) is 6.10. The summed E-state index contributed by atoms with van der Waals surface area (Å²) in [7, 11) is -3.63. The predicted octanol–water partition coefficient (Wildman–Crippen LogP) is 2.98. The van der Waals surface area contributed by atoms with Crippen LogP contribution in [0.2, 0.25) is 0 Å². The van der Waals surface area contributed by atoms with Crippen LogP contribution in [0.5, 0.6) is 0 Å². The Morgan fingerprint density at radius 2 is 1.70 bits per heavy atom. The van der Waals surface area contributed by atoms with Crippen LogP contribution >= 0.6 is 0 Å². The summed E-state index contributed by atoms with van der Waals surface area (Å²) in [5.41, 5.74) is 1.95. The molecule has 0 aromatic heterocycles. The van der Waals surface area contributed by atoms with Crippen molar-refractivity contribution in [2.45, 2.75) is 56.5 Å². The molecule has 2 aliphatic heterocycles. The molecule has 0 saturated carbocycles. The fraction of sp³-hybridized carbons (Fsp3) is 0.417. The van der Waals surface area contributed by atoms with E-state index in [0.29, 0.717) is 24.3 Å². The van der Waals surface area contributed by atoms with E-state index >= 15 is 0 Å². The van der Waals surface area contributed by atoms with Gasteiger partial charge in [0.1, 0.15) is 11.9 Å². The van der Waals surface area contributed by atoms with E-state index in [-0.39, 0.29) is 35.5 Å². The summed E-state index contributed by atoms with van der Waals surface area (Å²) in [5.74, 6) is -0.994. The number of carbonyl (C=O) groups excluding carboxylic acids is 2. The fourth-order valence-electron chi connectivity index (χ4n) is 4.53. The molecule has 33 heavy (non-hydrogen) atoms. The SMILES string of the molecule is CC(=O)N1c2ccc(S(=O)(=O)N3CCCCCC3)cc2CC1C(=O)NCc1ccc(F)cc1. The highest BCUT2D eigenvalue weighted by Crippen LogP contribution is 2.35. The Morgan fingerprint density at radius 3 is 2.33 bits per heavy atom. The molecule has 0 spiro atoms. The number of amides is 2. The van der Waals surface area contributed by atoms with E-state index in [4.69, 9.17) is 0 Å². The minimum atomic E-state index is -3.63. The number of nitrogens with zero attached hydrogens (tertiary/aromatic N) is 2. The number of hydrogen-bond acceptors (Lipinski definition) is 4. The van der Waals surface area contributed by atoms with Crippen LogP contribution in [0.3, 0.4) is 0 Å². The summed E-state index contributed by atoms with van der Waals surface area (Å²) in [6.07, 6.45) is 3.97. The second kappa shape index (κ2) is 9.61. The first-order chi connectivity index (χ1) is 15.8. The molecule has 1 fully saturated rings. The average Bonchev–Trinajstić information content (AvgIpc) is 2.96. The molecule has 0 radical (unpaired) electrons. The summed E-state index contributed by atoms with van der Waals surface area (Å²) in [6, 6.07) is 9.78. The van der Waals surface area contributed by atoms with Gasteiger partial charge in [0.2, 0.25) is 21.8 Å². The third-order valence-electron chi connectivity index (χ3n) is 6.26. The van der Waals surface area contributed by atoms with E-state index in [0.717, 1.165) is 31.2 Å². The molecule has 1 saturated heterocycles. The van der Waals surface area contributed by atoms with Gasteiger partial charge in [0.25, 0.3) is 0 Å². The highest BCUT2D eigenvalue weighted by atomic mass is 32.2. The molecule has 0 aliphatic carbocycles. The highest BCUT2D eigenvalue weighted by molar-refractivity contribution is 7.89. The van der Waals surface area contributed by atoms with Gasteiger partial charge in [-0.25, -0.2) is 12.8 Å². The van der Waals surface area contributed by atoms with Gasteiger partial charge < -0.3 is 5.32 Å². The maximum atomic E-state index is 13.2. The van der Waals surface area contributed by atoms with E-state index in [2.05, 4.69) is 5.32 Å². The lowest BCUT2D eigenvalue weighted by atomic mass is 10.1. The lowest BCUT2D eigenvalue weighted by Gasteiger charge is -2.24. The highest BCUT2D eigenvalue weighted by Gasteiger charge is 2.38. The van der Waals surface area contributed by atoms with Gasteiger partial charge in [-0.05, 0) is 54.3 Å². The van der Waals surface area contributed by atoms with Crippen molar-refractivity contribution in [3.8, 4) is 0 Å². The van der Waals surface area contributed by atoms with Gasteiger partial charge in [-0.2, -0.15) is 4.31 Å². The molecule has 7 nitrogen and oxygen atoms in total. The first-order valence-electron chi connectivity index (χ1n) is 11.2. The largest absolute Gasteiger partial charge is 0.350 e. The topological polar surface area (TPSA) is 86.8 Å². The van der Waals surface area contributed by atoms with Crippen molar-refractivity contribution in [1.82, 2.24) is 9.62 Å². The average molecular weight is 474 g/mol. The molecule has 2 aliphatic rings.